The molecule has 2 aromatic rings. The average Bonchev–Trinajstić information content (AvgIpc) is 3.11. The molecule has 1 heterocycles. The summed E-state index contributed by atoms with van der Waals surface area (Å²) in [4.78, 5) is 28.1. The van der Waals surface area contributed by atoms with E-state index in [4.69, 9.17) is 0 Å². The summed E-state index contributed by atoms with van der Waals surface area (Å²) in [5.74, 6) is -0.0690. The second kappa shape index (κ2) is 9.22. The lowest BCUT2D eigenvalue weighted by Crippen LogP contribution is -2.52. The number of rotatable bonds is 7. The van der Waals surface area contributed by atoms with Gasteiger partial charge >= 0.3 is 6.03 Å². The topological polar surface area (TPSA) is 61.4 Å². The first-order valence-electron chi connectivity index (χ1n) is 8.45. The van der Waals surface area contributed by atoms with Crippen molar-refractivity contribution in [2.45, 2.75) is 33.4 Å². The zero-order valence-corrected chi connectivity index (χ0v) is 15.7. The SMILES string of the molecule is CCN(Cc1cccs1)C(=O)C(NC(=O)Nc1ccccc1)C(C)C. The Bertz CT molecular complexity index is 671. The van der Waals surface area contributed by atoms with Crippen LogP contribution in [-0.4, -0.2) is 29.4 Å². The summed E-state index contributed by atoms with van der Waals surface area (Å²) in [5.41, 5.74) is 0.695. The predicted octanol–water partition coefficient (Wildman–Crippen LogP) is 3.94. The van der Waals surface area contributed by atoms with Crippen LogP contribution in [0, 0.1) is 5.92 Å². The monoisotopic (exact) mass is 359 g/mol. The Morgan fingerprint density at radius 3 is 2.40 bits per heavy atom. The predicted molar refractivity (Wildman–Crippen MR) is 103 cm³/mol. The molecule has 6 heteroatoms. The summed E-state index contributed by atoms with van der Waals surface area (Å²) in [6.07, 6.45) is 0. The molecule has 3 amide bonds. The molecular formula is C19H25N3O2S. The number of carbonyl (C=O) groups is 2. The Labute approximate surface area is 153 Å². The molecule has 0 aliphatic rings. The van der Waals surface area contributed by atoms with Gasteiger partial charge in [0.25, 0.3) is 0 Å². The van der Waals surface area contributed by atoms with Gasteiger partial charge in [-0.25, -0.2) is 4.79 Å². The maximum absolute atomic E-state index is 12.9. The van der Waals surface area contributed by atoms with Gasteiger partial charge in [0.2, 0.25) is 5.91 Å². The summed E-state index contributed by atoms with van der Waals surface area (Å²) in [6, 6.07) is 12.2. The standard InChI is InChI=1S/C19H25N3O2S/c1-4-22(13-16-11-8-12-25-16)18(23)17(14(2)3)21-19(24)20-15-9-6-5-7-10-15/h5-12,14,17H,4,13H2,1-3H3,(H2,20,21,24). The van der Waals surface area contributed by atoms with Gasteiger partial charge in [-0.15, -0.1) is 11.3 Å². The number of carbonyl (C=O) groups excluding carboxylic acids is 2. The van der Waals surface area contributed by atoms with Crippen molar-refractivity contribution in [3.8, 4) is 0 Å². The van der Waals surface area contributed by atoms with Crippen molar-refractivity contribution in [3.05, 3.63) is 52.7 Å². The van der Waals surface area contributed by atoms with Gasteiger partial charge in [0, 0.05) is 17.1 Å². The molecule has 0 aliphatic carbocycles. The number of anilines is 1. The van der Waals surface area contributed by atoms with E-state index in [1.165, 1.54) is 0 Å². The number of thiophene rings is 1. The van der Waals surface area contributed by atoms with Crippen LogP contribution in [0.4, 0.5) is 10.5 Å². The molecule has 134 valence electrons. The fraction of sp³-hybridized carbons (Fsp3) is 0.368. The lowest BCUT2D eigenvalue weighted by Gasteiger charge is -2.28. The first kappa shape index (κ1) is 19.0. The van der Waals surface area contributed by atoms with Gasteiger partial charge in [0.05, 0.1) is 6.54 Å². The van der Waals surface area contributed by atoms with Crippen molar-refractivity contribution < 1.29 is 9.59 Å². The van der Waals surface area contributed by atoms with Gasteiger partial charge in [-0.3, -0.25) is 4.79 Å². The van der Waals surface area contributed by atoms with E-state index in [-0.39, 0.29) is 17.9 Å². The van der Waals surface area contributed by atoms with Gasteiger partial charge in [0.15, 0.2) is 0 Å². The van der Waals surface area contributed by atoms with Crippen LogP contribution in [0.1, 0.15) is 25.6 Å². The smallest absolute Gasteiger partial charge is 0.319 e. The Kier molecular flexibility index (Phi) is 7.01. The van der Waals surface area contributed by atoms with Crippen LogP contribution in [0.25, 0.3) is 0 Å². The Morgan fingerprint density at radius 1 is 1.12 bits per heavy atom. The number of para-hydroxylation sites is 1. The van der Waals surface area contributed by atoms with Crippen molar-refractivity contribution in [2.75, 3.05) is 11.9 Å². The first-order valence-corrected chi connectivity index (χ1v) is 9.33. The minimum Gasteiger partial charge on any atom is -0.336 e. The molecule has 1 aromatic carbocycles. The Balaban J connectivity index is 2.02. The highest BCUT2D eigenvalue weighted by Crippen LogP contribution is 2.15. The van der Waals surface area contributed by atoms with Crippen LogP contribution in [0.3, 0.4) is 0 Å². The van der Waals surface area contributed by atoms with E-state index in [0.717, 1.165) is 4.88 Å². The van der Waals surface area contributed by atoms with E-state index in [1.807, 2.05) is 56.5 Å². The van der Waals surface area contributed by atoms with E-state index in [0.29, 0.717) is 18.8 Å². The number of urea groups is 1. The molecule has 1 unspecified atom stereocenters. The summed E-state index contributed by atoms with van der Waals surface area (Å²) in [6.45, 7) is 6.99. The molecule has 0 aliphatic heterocycles. The molecule has 1 atom stereocenters. The van der Waals surface area contributed by atoms with E-state index in [1.54, 1.807) is 28.4 Å². The Hall–Kier alpha value is -2.34. The van der Waals surface area contributed by atoms with Crippen LogP contribution in [0.5, 0.6) is 0 Å². The molecule has 0 radical (unpaired) electrons. The molecule has 0 saturated carbocycles. The molecule has 5 nitrogen and oxygen atoms in total. The zero-order chi connectivity index (χ0) is 18.2. The van der Waals surface area contributed by atoms with E-state index < -0.39 is 6.04 Å². The number of hydrogen-bond donors (Lipinski definition) is 2. The number of hydrogen-bond acceptors (Lipinski definition) is 3. The maximum atomic E-state index is 12.9. The van der Waals surface area contributed by atoms with Gasteiger partial charge in [0.1, 0.15) is 6.04 Å². The van der Waals surface area contributed by atoms with Gasteiger partial charge in [-0.2, -0.15) is 0 Å². The molecule has 0 bridgehead atoms. The number of nitrogens with one attached hydrogen (secondary N) is 2. The van der Waals surface area contributed by atoms with Crippen molar-refractivity contribution in [1.29, 1.82) is 0 Å². The number of benzene rings is 1. The third-order valence-electron chi connectivity index (χ3n) is 3.87. The largest absolute Gasteiger partial charge is 0.336 e. The highest BCUT2D eigenvalue weighted by atomic mass is 32.1. The quantitative estimate of drug-likeness (QED) is 0.786. The van der Waals surface area contributed by atoms with E-state index in [9.17, 15) is 9.59 Å². The fourth-order valence-electron chi connectivity index (χ4n) is 2.48. The maximum Gasteiger partial charge on any atom is 0.319 e. The number of nitrogens with zero attached hydrogens (tertiary/aromatic N) is 1. The molecule has 0 spiro atoms. The van der Waals surface area contributed by atoms with Crippen LogP contribution in [0.2, 0.25) is 0 Å². The molecule has 0 fully saturated rings. The third kappa shape index (κ3) is 5.60. The molecule has 25 heavy (non-hydrogen) atoms. The zero-order valence-electron chi connectivity index (χ0n) is 14.9. The minimum absolute atomic E-state index is 0.00795. The van der Waals surface area contributed by atoms with Crippen molar-refractivity contribution in [3.63, 3.8) is 0 Å². The van der Waals surface area contributed by atoms with E-state index in [2.05, 4.69) is 10.6 Å². The van der Waals surface area contributed by atoms with E-state index >= 15 is 0 Å². The number of likely N-dealkylation sites (N-methyl/N-ethyl adjacent to an activating group) is 1. The third-order valence-corrected chi connectivity index (χ3v) is 4.73. The summed E-state index contributed by atoms with van der Waals surface area (Å²) in [7, 11) is 0. The highest BCUT2D eigenvalue weighted by molar-refractivity contribution is 7.09. The van der Waals surface area contributed by atoms with Crippen LogP contribution in [-0.2, 0) is 11.3 Å². The normalized spacial score (nSPS) is 11.8. The van der Waals surface area contributed by atoms with Crippen LogP contribution < -0.4 is 10.6 Å². The second-order valence-electron chi connectivity index (χ2n) is 6.12. The molecular weight excluding hydrogens is 334 g/mol. The summed E-state index contributed by atoms with van der Waals surface area (Å²) >= 11 is 1.63. The lowest BCUT2D eigenvalue weighted by molar-refractivity contribution is -0.134. The highest BCUT2D eigenvalue weighted by Gasteiger charge is 2.28. The molecule has 1 aromatic heterocycles. The van der Waals surface area contributed by atoms with Crippen molar-refractivity contribution in [2.24, 2.45) is 5.92 Å². The molecule has 2 N–H and O–H groups in total. The summed E-state index contributed by atoms with van der Waals surface area (Å²) in [5, 5.41) is 7.59. The first-order chi connectivity index (χ1) is 12.0. The van der Waals surface area contributed by atoms with Crippen molar-refractivity contribution in [1.82, 2.24) is 10.2 Å². The number of amides is 3. The summed E-state index contributed by atoms with van der Waals surface area (Å²) < 4.78 is 0. The lowest BCUT2D eigenvalue weighted by atomic mass is 10.0. The Morgan fingerprint density at radius 2 is 1.84 bits per heavy atom. The average molecular weight is 359 g/mol. The molecule has 2 rings (SSSR count). The van der Waals surface area contributed by atoms with Gasteiger partial charge < -0.3 is 15.5 Å². The van der Waals surface area contributed by atoms with Gasteiger partial charge in [-0.1, -0.05) is 38.1 Å². The van der Waals surface area contributed by atoms with Gasteiger partial charge in [-0.05, 0) is 36.4 Å². The van der Waals surface area contributed by atoms with Crippen molar-refractivity contribution >= 4 is 29.0 Å². The minimum atomic E-state index is -0.566. The molecule has 0 saturated heterocycles. The second-order valence-corrected chi connectivity index (χ2v) is 7.15. The van der Waals surface area contributed by atoms with Crippen LogP contribution in [0.15, 0.2) is 47.8 Å². The fourth-order valence-corrected chi connectivity index (χ4v) is 3.20. The van der Waals surface area contributed by atoms with Crippen LogP contribution >= 0.6 is 11.3 Å².